The first kappa shape index (κ1) is 15.2. The maximum atomic E-state index is 11.2. The fraction of sp³-hybridized carbons (Fsp3) is 0.700. The maximum Gasteiger partial charge on any atom is 0.314 e. The first-order chi connectivity index (χ1) is 7.95. The van der Waals surface area contributed by atoms with Crippen LogP contribution >= 0.6 is 0 Å². The Morgan fingerprint density at radius 1 is 1.29 bits per heavy atom. The predicted octanol–water partition coefficient (Wildman–Crippen LogP) is -0.338. The van der Waals surface area contributed by atoms with Gasteiger partial charge >= 0.3 is 12.0 Å². The smallest absolute Gasteiger partial charge is 0.314 e. The number of amides is 3. The molecule has 1 unspecified atom stereocenters. The van der Waals surface area contributed by atoms with Crippen molar-refractivity contribution in [3.63, 3.8) is 0 Å². The van der Waals surface area contributed by atoms with Crippen LogP contribution in [0.2, 0.25) is 0 Å². The van der Waals surface area contributed by atoms with Gasteiger partial charge in [0.2, 0.25) is 5.91 Å². The van der Waals surface area contributed by atoms with Crippen LogP contribution in [0.5, 0.6) is 0 Å². The van der Waals surface area contributed by atoms with Crippen molar-refractivity contribution in [2.24, 2.45) is 11.7 Å². The number of hydrogen-bond acceptors (Lipinski definition) is 3. The molecule has 0 fully saturated rings. The van der Waals surface area contributed by atoms with Crippen LogP contribution in [0.15, 0.2) is 0 Å². The Hall–Kier alpha value is -1.79. The monoisotopic (exact) mass is 245 g/mol. The van der Waals surface area contributed by atoms with Crippen LogP contribution in [-0.2, 0) is 9.59 Å². The molecule has 0 saturated carbocycles. The quantitative estimate of drug-likeness (QED) is 0.467. The average Bonchev–Trinajstić information content (AvgIpc) is 2.23. The summed E-state index contributed by atoms with van der Waals surface area (Å²) < 4.78 is 0. The summed E-state index contributed by atoms with van der Waals surface area (Å²) in [6, 6.07) is -0.421. The second-order valence-corrected chi connectivity index (χ2v) is 3.73. The van der Waals surface area contributed by atoms with Crippen LogP contribution in [0.25, 0.3) is 0 Å². The fourth-order valence-corrected chi connectivity index (χ4v) is 1.21. The van der Waals surface area contributed by atoms with E-state index in [1.807, 2.05) is 6.92 Å². The molecule has 7 heteroatoms. The van der Waals surface area contributed by atoms with Gasteiger partial charge in [-0.05, 0) is 5.92 Å². The van der Waals surface area contributed by atoms with Gasteiger partial charge in [-0.25, -0.2) is 4.79 Å². The van der Waals surface area contributed by atoms with Crippen molar-refractivity contribution in [2.45, 2.75) is 26.2 Å². The van der Waals surface area contributed by atoms with E-state index >= 15 is 0 Å². The topological polar surface area (TPSA) is 122 Å². The SMILES string of the molecule is CCC(CNC(=O)NCCC(N)=O)CC(=O)O. The predicted molar refractivity (Wildman–Crippen MR) is 61.2 cm³/mol. The van der Waals surface area contributed by atoms with Crippen molar-refractivity contribution in [3.8, 4) is 0 Å². The summed E-state index contributed by atoms with van der Waals surface area (Å²) >= 11 is 0. The number of nitrogens with one attached hydrogen (secondary N) is 2. The van der Waals surface area contributed by atoms with E-state index in [0.717, 1.165) is 0 Å². The molecule has 0 radical (unpaired) electrons. The Morgan fingerprint density at radius 3 is 2.41 bits per heavy atom. The second kappa shape index (κ2) is 8.37. The molecule has 0 aliphatic carbocycles. The highest BCUT2D eigenvalue weighted by molar-refractivity contribution is 5.77. The van der Waals surface area contributed by atoms with Crippen LogP contribution in [0.3, 0.4) is 0 Å². The van der Waals surface area contributed by atoms with Gasteiger partial charge in [0, 0.05) is 25.9 Å². The number of carbonyl (C=O) groups excluding carboxylic acids is 2. The standard InChI is InChI=1S/C10H19N3O4/c1-2-7(5-9(15)16)6-13-10(17)12-4-3-8(11)14/h7H,2-6H2,1H3,(H2,11,14)(H,15,16)(H2,12,13,17). The minimum atomic E-state index is -0.882. The van der Waals surface area contributed by atoms with E-state index in [1.165, 1.54) is 0 Å². The van der Waals surface area contributed by atoms with Crippen LogP contribution in [-0.4, -0.2) is 36.1 Å². The molecule has 5 N–H and O–H groups in total. The Balaban J connectivity index is 3.73. The Labute approximate surface area is 99.7 Å². The summed E-state index contributed by atoms with van der Waals surface area (Å²) in [6.07, 6.45) is 0.783. The third kappa shape index (κ3) is 9.16. The Kier molecular flexibility index (Phi) is 7.49. The molecule has 98 valence electrons. The number of aliphatic carboxylic acids is 1. The number of urea groups is 1. The van der Waals surface area contributed by atoms with E-state index in [2.05, 4.69) is 10.6 Å². The molecule has 0 heterocycles. The fourth-order valence-electron chi connectivity index (χ4n) is 1.21. The van der Waals surface area contributed by atoms with Gasteiger partial charge in [-0.3, -0.25) is 9.59 Å². The number of carbonyl (C=O) groups is 3. The van der Waals surface area contributed by atoms with E-state index in [1.54, 1.807) is 0 Å². The zero-order valence-corrected chi connectivity index (χ0v) is 9.86. The molecule has 0 bridgehead atoms. The van der Waals surface area contributed by atoms with Gasteiger partial charge in [0.15, 0.2) is 0 Å². The third-order valence-corrected chi connectivity index (χ3v) is 2.25. The highest BCUT2D eigenvalue weighted by atomic mass is 16.4. The first-order valence-corrected chi connectivity index (χ1v) is 5.47. The summed E-state index contributed by atoms with van der Waals surface area (Å²) in [7, 11) is 0. The number of nitrogens with two attached hydrogens (primary N) is 1. The van der Waals surface area contributed by atoms with Gasteiger partial charge in [-0.1, -0.05) is 13.3 Å². The molecule has 1 atom stereocenters. The molecule has 0 aliphatic rings. The highest BCUT2D eigenvalue weighted by Crippen LogP contribution is 2.06. The van der Waals surface area contributed by atoms with Crippen LogP contribution < -0.4 is 16.4 Å². The number of hydrogen-bond donors (Lipinski definition) is 4. The molecular formula is C10H19N3O4. The molecule has 17 heavy (non-hydrogen) atoms. The molecule has 0 aromatic heterocycles. The van der Waals surface area contributed by atoms with E-state index in [4.69, 9.17) is 10.8 Å². The minimum absolute atomic E-state index is 0.0259. The number of primary amides is 1. The first-order valence-electron chi connectivity index (χ1n) is 5.47. The van der Waals surface area contributed by atoms with Gasteiger partial charge in [-0.15, -0.1) is 0 Å². The van der Waals surface area contributed by atoms with Crippen LogP contribution in [0.1, 0.15) is 26.2 Å². The molecule has 0 aliphatic heterocycles. The lowest BCUT2D eigenvalue weighted by molar-refractivity contribution is -0.138. The molecule has 7 nitrogen and oxygen atoms in total. The van der Waals surface area contributed by atoms with Gasteiger partial charge < -0.3 is 21.5 Å². The van der Waals surface area contributed by atoms with Gasteiger partial charge in [0.05, 0.1) is 0 Å². The van der Waals surface area contributed by atoms with Crippen molar-refractivity contribution >= 4 is 17.9 Å². The molecule has 3 amide bonds. The minimum Gasteiger partial charge on any atom is -0.481 e. The lowest BCUT2D eigenvalue weighted by Crippen LogP contribution is -2.39. The van der Waals surface area contributed by atoms with Crippen molar-refractivity contribution in [1.82, 2.24) is 10.6 Å². The van der Waals surface area contributed by atoms with Crippen LogP contribution in [0.4, 0.5) is 4.79 Å². The van der Waals surface area contributed by atoms with E-state index in [-0.39, 0.29) is 25.3 Å². The Morgan fingerprint density at radius 2 is 1.94 bits per heavy atom. The summed E-state index contributed by atoms with van der Waals surface area (Å²) in [4.78, 5) is 32.1. The Bertz CT molecular complexity index is 281. The van der Waals surface area contributed by atoms with Crippen molar-refractivity contribution < 1.29 is 19.5 Å². The summed E-state index contributed by atoms with van der Waals surface area (Å²) in [6.45, 7) is 2.34. The summed E-state index contributed by atoms with van der Waals surface area (Å²) in [5.74, 6) is -1.45. The zero-order valence-electron chi connectivity index (χ0n) is 9.86. The largest absolute Gasteiger partial charge is 0.481 e. The number of carboxylic acid groups (broad SMARTS) is 1. The molecule has 0 rings (SSSR count). The summed E-state index contributed by atoms with van der Waals surface area (Å²) in [5, 5.41) is 13.6. The zero-order chi connectivity index (χ0) is 13.3. The van der Waals surface area contributed by atoms with Gasteiger partial charge in [0.25, 0.3) is 0 Å². The normalized spacial score (nSPS) is 11.6. The van der Waals surface area contributed by atoms with Crippen molar-refractivity contribution in [3.05, 3.63) is 0 Å². The summed E-state index contributed by atoms with van der Waals surface area (Å²) in [5.41, 5.74) is 4.90. The molecule has 0 aromatic carbocycles. The maximum absolute atomic E-state index is 11.2. The van der Waals surface area contributed by atoms with Crippen molar-refractivity contribution in [1.29, 1.82) is 0 Å². The molecule has 0 spiro atoms. The van der Waals surface area contributed by atoms with Gasteiger partial charge in [0.1, 0.15) is 0 Å². The number of carboxylic acids is 1. The molecule has 0 saturated heterocycles. The number of rotatable bonds is 8. The average molecular weight is 245 g/mol. The second-order valence-electron chi connectivity index (χ2n) is 3.73. The third-order valence-electron chi connectivity index (χ3n) is 2.25. The highest BCUT2D eigenvalue weighted by Gasteiger charge is 2.12. The van der Waals surface area contributed by atoms with Crippen LogP contribution in [0, 0.1) is 5.92 Å². The molecule has 0 aromatic rings. The van der Waals surface area contributed by atoms with E-state index in [9.17, 15) is 14.4 Å². The van der Waals surface area contributed by atoms with Crippen molar-refractivity contribution in [2.75, 3.05) is 13.1 Å². The lowest BCUT2D eigenvalue weighted by atomic mass is 10.0. The van der Waals surface area contributed by atoms with E-state index < -0.39 is 17.9 Å². The lowest BCUT2D eigenvalue weighted by Gasteiger charge is -2.13. The van der Waals surface area contributed by atoms with E-state index in [0.29, 0.717) is 13.0 Å². The van der Waals surface area contributed by atoms with Gasteiger partial charge in [-0.2, -0.15) is 0 Å². The molecular weight excluding hydrogens is 226 g/mol.